The van der Waals surface area contributed by atoms with Crippen molar-refractivity contribution in [2.24, 2.45) is 0 Å². The van der Waals surface area contributed by atoms with Gasteiger partial charge in [0.2, 0.25) is 0 Å². The maximum absolute atomic E-state index is 9.34. The average molecular weight is 336 g/mol. The predicted molar refractivity (Wildman–Crippen MR) is 96.8 cm³/mol. The summed E-state index contributed by atoms with van der Waals surface area (Å²) in [4.78, 5) is 0. The standard InChI is InChI=1S/C17H25BO4S/c1-16(2)17(3,4)22-18(21-16)14(11-23)9-13-8-12(10-19)6-7-15(13)20-5/h6-9,19,23H,10-11H2,1-5H3. The van der Waals surface area contributed by atoms with Gasteiger partial charge in [0.25, 0.3) is 0 Å². The minimum atomic E-state index is -0.444. The third-order valence-electron chi connectivity index (χ3n) is 4.56. The fraction of sp³-hybridized carbons (Fsp3) is 0.529. The van der Waals surface area contributed by atoms with Gasteiger partial charge in [-0.05, 0) is 50.9 Å². The number of ether oxygens (including phenoxy) is 1. The Morgan fingerprint density at radius 1 is 1.26 bits per heavy atom. The van der Waals surface area contributed by atoms with E-state index in [0.717, 1.165) is 22.3 Å². The number of methoxy groups -OCH3 is 1. The molecule has 1 saturated heterocycles. The molecule has 0 amide bonds. The molecule has 0 bridgehead atoms. The molecule has 0 spiro atoms. The molecule has 1 aromatic rings. The molecule has 6 heteroatoms. The number of benzene rings is 1. The van der Waals surface area contributed by atoms with Crippen molar-refractivity contribution in [3.63, 3.8) is 0 Å². The lowest BCUT2D eigenvalue weighted by atomic mass is 9.78. The van der Waals surface area contributed by atoms with Crippen LogP contribution in [0.25, 0.3) is 6.08 Å². The first-order valence-electron chi connectivity index (χ1n) is 7.69. The highest BCUT2D eigenvalue weighted by atomic mass is 32.1. The van der Waals surface area contributed by atoms with E-state index in [1.165, 1.54) is 0 Å². The van der Waals surface area contributed by atoms with Crippen molar-refractivity contribution in [2.45, 2.75) is 45.5 Å². The van der Waals surface area contributed by atoms with Crippen molar-refractivity contribution in [1.82, 2.24) is 0 Å². The number of rotatable bonds is 5. The van der Waals surface area contributed by atoms with Gasteiger partial charge in [0, 0.05) is 11.3 Å². The Kier molecular flexibility index (Phi) is 5.51. The van der Waals surface area contributed by atoms with Crippen LogP contribution in [-0.2, 0) is 15.9 Å². The van der Waals surface area contributed by atoms with E-state index in [4.69, 9.17) is 14.0 Å². The van der Waals surface area contributed by atoms with Crippen LogP contribution < -0.4 is 4.74 Å². The quantitative estimate of drug-likeness (QED) is 0.641. The molecule has 23 heavy (non-hydrogen) atoms. The first-order chi connectivity index (χ1) is 10.7. The Morgan fingerprint density at radius 2 is 1.87 bits per heavy atom. The van der Waals surface area contributed by atoms with Gasteiger partial charge in [-0.3, -0.25) is 0 Å². The second-order valence-corrected chi connectivity index (χ2v) is 7.02. The Hall–Kier alpha value is -0.945. The van der Waals surface area contributed by atoms with E-state index in [1.807, 2.05) is 52.0 Å². The smallest absolute Gasteiger partial charge is 0.491 e. The summed E-state index contributed by atoms with van der Waals surface area (Å²) < 4.78 is 17.6. The highest BCUT2D eigenvalue weighted by molar-refractivity contribution is 7.80. The van der Waals surface area contributed by atoms with Gasteiger partial charge in [-0.15, -0.1) is 0 Å². The largest absolute Gasteiger partial charge is 0.496 e. The van der Waals surface area contributed by atoms with Gasteiger partial charge < -0.3 is 19.2 Å². The van der Waals surface area contributed by atoms with E-state index in [2.05, 4.69) is 12.6 Å². The third-order valence-corrected chi connectivity index (χ3v) is 4.92. The molecule has 0 radical (unpaired) electrons. The summed E-state index contributed by atoms with van der Waals surface area (Å²) in [6.45, 7) is 8.08. The number of hydrogen-bond donors (Lipinski definition) is 2. The number of hydrogen-bond acceptors (Lipinski definition) is 5. The number of thiol groups is 1. The van der Waals surface area contributed by atoms with E-state index in [1.54, 1.807) is 7.11 Å². The first kappa shape index (κ1) is 18.4. The van der Waals surface area contributed by atoms with E-state index < -0.39 is 18.3 Å². The van der Waals surface area contributed by atoms with Gasteiger partial charge in [0.15, 0.2) is 0 Å². The van der Waals surface area contributed by atoms with Gasteiger partial charge in [-0.1, -0.05) is 12.1 Å². The van der Waals surface area contributed by atoms with Crippen molar-refractivity contribution in [3.8, 4) is 5.75 Å². The van der Waals surface area contributed by atoms with Crippen LogP contribution in [0.15, 0.2) is 23.7 Å². The molecule has 1 aliphatic heterocycles. The van der Waals surface area contributed by atoms with Gasteiger partial charge in [-0.25, -0.2) is 0 Å². The minimum absolute atomic E-state index is 0.0163. The summed E-state index contributed by atoms with van der Waals surface area (Å²) in [5, 5.41) is 9.34. The van der Waals surface area contributed by atoms with Gasteiger partial charge in [0.1, 0.15) is 5.75 Å². The summed E-state index contributed by atoms with van der Waals surface area (Å²) in [5.41, 5.74) is 1.83. The second-order valence-electron chi connectivity index (χ2n) is 6.70. The minimum Gasteiger partial charge on any atom is -0.496 e. The van der Waals surface area contributed by atoms with Crippen LogP contribution in [0.1, 0.15) is 38.8 Å². The molecule has 0 aromatic heterocycles. The average Bonchev–Trinajstić information content (AvgIpc) is 2.72. The van der Waals surface area contributed by atoms with E-state index >= 15 is 0 Å². The molecule has 0 atom stereocenters. The van der Waals surface area contributed by atoms with Gasteiger partial charge >= 0.3 is 7.12 Å². The van der Waals surface area contributed by atoms with E-state index in [-0.39, 0.29) is 6.61 Å². The molecule has 1 heterocycles. The molecule has 0 saturated carbocycles. The van der Waals surface area contributed by atoms with Crippen LogP contribution in [0.4, 0.5) is 0 Å². The lowest BCUT2D eigenvalue weighted by Gasteiger charge is -2.32. The zero-order chi connectivity index (χ0) is 17.3. The summed E-state index contributed by atoms with van der Waals surface area (Å²) in [6.07, 6.45) is 1.97. The lowest BCUT2D eigenvalue weighted by molar-refractivity contribution is 0.00578. The topological polar surface area (TPSA) is 47.9 Å². The maximum atomic E-state index is 9.34. The predicted octanol–water partition coefficient (Wildman–Crippen LogP) is 3.13. The van der Waals surface area contributed by atoms with E-state index in [0.29, 0.717) is 5.75 Å². The summed E-state index contributed by atoms with van der Waals surface area (Å²) in [7, 11) is 1.18. The Morgan fingerprint density at radius 3 is 2.35 bits per heavy atom. The summed E-state index contributed by atoms with van der Waals surface area (Å²) in [6, 6.07) is 5.58. The Labute approximate surface area is 144 Å². The van der Waals surface area contributed by atoms with Crippen molar-refractivity contribution in [1.29, 1.82) is 0 Å². The molecule has 1 fully saturated rings. The van der Waals surface area contributed by atoms with Crippen molar-refractivity contribution >= 4 is 25.8 Å². The maximum Gasteiger partial charge on any atom is 0.491 e. The molecule has 0 aliphatic carbocycles. The number of aliphatic hydroxyl groups excluding tert-OH is 1. The molecule has 2 rings (SSSR count). The van der Waals surface area contributed by atoms with Gasteiger partial charge in [0.05, 0.1) is 24.9 Å². The highest BCUT2D eigenvalue weighted by Crippen LogP contribution is 2.39. The molecular formula is C17H25BO4S. The Bertz CT molecular complexity index is 582. The fourth-order valence-electron chi connectivity index (χ4n) is 2.38. The van der Waals surface area contributed by atoms with Crippen LogP contribution in [0.5, 0.6) is 5.75 Å². The third kappa shape index (κ3) is 3.77. The molecule has 126 valence electrons. The van der Waals surface area contributed by atoms with Crippen LogP contribution in [-0.4, -0.2) is 36.3 Å². The highest BCUT2D eigenvalue weighted by Gasteiger charge is 2.52. The van der Waals surface area contributed by atoms with E-state index in [9.17, 15) is 5.11 Å². The normalized spacial score (nSPS) is 20.0. The van der Waals surface area contributed by atoms with Crippen molar-refractivity contribution < 1.29 is 19.2 Å². The fourth-order valence-corrected chi connectivity index (χ4v) is 2.62. The van der Waals surface area contributed by atoms with Gasteiger partial charge in [-0.2, -0.15) is 12.6 Å². The Balaban J connectivity index is 2.37. The lowest BCUT2D eigenvalue weighted by Crippen LogP contribution is -2.41. The molecular weight excluding hydrogens is 311 g/mol. The monoisotopic (exact) mass is 336 g/mol. The van der Waals surface area contributed by atoms with Crippen LogP contribution >= 0.6 is 12.6 Å². The SMILES string of the molecule is COc1ccc(CO)cc1C=C(CS)B1OC(C)(C)C(C)(C)O1. The number of aliphatic hydroxyl groups is 1. The zero-order valence-electron chi connectivity index (χ0n) is 14.4. The van der Waals surface area contributed by atoms with Crippen LogP contribution in [0.2, 0.25) is 0 Å². The summed E-state index contributed by atoms with van der Waals surface area (Å²) >= 11 is 4.43. The molecule has 1 aromatic carbocycles. The van der Waals surface area contributed by atoms with Crippen molar-refractivity contribution in [2.75, 3.05) is 12.9 Å². The first-order valence-corrected chi connectivity index (χ1v) is 8.32. The second kappa shape index (κ2) is 6.89. The van der Waals surface area contributed by atoms with Crippen LogP contribution in [0, 0.1) is 0 Å². The summed E-state index contributed by atoms with van der Waals surface area (Å²) in [5.74, 6) is 1.24. The molecule has 1 aliphatic rings. The van der Waals surface area contributed by atoms with Crippen molar-refractivity contribution in [3.05, 3.63) is 34.8 Å². The zero-order valence-corrected chi connectivity index (χ0v) is 15.3. The molecule has 0 unspecified atom stereocenters. The van der Waals surface area contributed by atoms with Crippen LogP contribution in [0.3, 0.4) is 0 Å². The molecule has 1 N–H and O–H groups in total. The molecule has 4 nitrogen and oxygen atoms in total.